The number of nitrogens with zero attached hydrogens (tertiary/aromatic N) is 1. The van der Waals surface area contributed by atoms with Gasteiger partial charge in [-0.2, -0.15) is 0 Å². The van der Waals surface area contributed by atoms with E-state index in [0.29, 0.717) is 6.54 Å². The van der Waals surface area contributed by atoms with E-state index in [2.05, 4.69) is 10.1 Å². The van der Waals surface area contributed by atoms with Crippen molar-refractivity contribution in [2.45, 2.75) is 20.4 Å². The molecular formula is C20H21ClN2O4. The lowest BCUT2D eigenvalue weighted by atomic mass is 10.1. The Hall–Kier alpha value is -2.86. The van der Waals surface area contributed by atoms with Crippen LogP contribution in [0.1, 0.15) is 28.4 Å². The molecule has 2 aromatic rings. The molecule has 0 saturated heterocycles. The smallest absolute Gasteiger partial charge is 0.337 e. The van der Waals surface area contributed by atoms with Gasteiger partial charge in [-0.25, -0.2) is 4.79 Å². The van der Waals surface area contributed by atoms with Gasteiger partial charge in [-0.05, 0) is 36.2 Å². The molecule has 0 fully saturated rings. The van der Waals surface area contributed by atoms with Crippen molar-refractivity contribution in [1.29, 1.82) is 0 Å². The molecule has 27 heavy (non-hydrogen) atoms. The molecule has 0 radical (unpaired) electrons. The minimum Gasteiger partial charge on any atom is -0.465 e. The maximum Gasteiger partial charge on any atom is 0.337 e. The van der Waals surface area contributed by atoms with Gasteiger partial charge in [0.25, 0.3) is 0 Å². The molecule has 0 aliphatic carbocycles. The summed E-state index contributed by atoms with van der Waals surface area (Å²) in [6.45, 7) is 3.43. The normalized spacial score (nSPS) is 10.2. The lowest BCUT2D eigenvalue weighted by Crippen LogP contribution is -2.40. The SMILES string of the molecule is COC(=O)c1ccc(Cl)c(N(CC(=O)NCc2ccccc2C)C(C)=O)c1. The molecule has 2 aromatic carbocycles. The van der Waals surface area contributed by atoms with Crippen LogP contribution in [0, 0.1) is 6.92 Å². The van der Waals surface area contributed by atoms with Gasteiger partial charge in [0.05, 0.1) is 23.4 Å². The number of amides is 2. The van der Waals surface area contributed by atoms with Crippen LogP contribution in [0.5, 0.6) is 0 Å². The Labute approximate surface area is 163 Å². The number of hydrogen-bond acceptors (Lipinski definition) is 4. The number of carbonyl (C=O) groups is 3. The second-order valence-corrected chi connectivity index (χ2v) is 6.37. The van der Waals surface area contributed by atoms with E-state index in [0.717, 1.165) is 11.1 Å². The van der Waals surface area contributed by atoms with E-state index in [1.807, 2.05) is 31.2 Å². The predicted octanol–water partition coefficient (Wildman–Crippen LogP) is 3.10. The molecule has 2 amide bonds. The van der Waals surface area contributed by atoms with Gasteiger partial charge in [-0.3, -0.25) is 9.59 Å². The van der Waals surface area contributed by atoms with Crippen molar-refractivity contribution in [2.24, 2.45) is 0 Å². The zero-order valence-electron chi connectivity index (χ0n) is 15.4. The van der Waals surface area contributed by atoms with E-state index in [1.165, 1.54) is 37.1 Å². The van der Waals surface area contributed by atoms with Gasteiger partial charge in [0.15, 0.2) is 0 Å². The van der Waals surface area contributed by atoms with Gasteiger partial charge in [0.1, 0.15) is 6.54 Å². The highest BCUT2D eigenvalue weighted by Gasteiger charge is 2.20. The zero-order valence-corrected chi connectivity index (χ0v) is 16.2. The van der Waals surface area contributed by atoms with Crippen molar-refractivity contribution in [3.05, 3.63) is 64.2 Å². The van der Waals surface area contributed by atoms with Crippen LogP contribution in [0.15, 0.2) is 42.5 Å². The monoisotopic (exact) mass is 388 g/mol. The largest absolute Gasteiger partial charge is 0.465 e. The van der Waals surface area contributed by atoms with Crippen LogP contribution in [0.25, 0.3) is 0 Å². The summed E-state index contributed by atoms with van der Waals surface area (Å²) in [7, 11) is 1.26. The highest BCUT2D eigenvalue weighted by Crippen LogP contribution is 2.27. The average molecular weight is 389 g/mol. The van der Waals surface area contributed by atoms with Crippen LogP contribution in [0.2, 0.25) is 5.02 Å². The number of esters is 1. The van der Waals surface area contributed by atoms with Crippen LogP contribution >= 0.6 is 11.6 Å². The number of carbonyl (C=O) groups excluding carboxylic acids is 3. The summed E-state index contributed by atoms with van der Waals surface area (Å²) in [6.07, 6.45) is 0. The number of anilines is 1. The Balaban J connectivity index is 2.16. The molecule has 0 saturated carbocycles. The van der Waals surface area contributed by atoms with E-state index < -0.39 is 5.97 Å². The molecule has 6 nitrogen and oxygen atoms in total. The Kier molecular flexibility index (Phi) is 6.96. The number of ether oxygens (including phenoxy) is 1. The first-order chi connectivity index (χ1) is 12.8. The first-order valence-electron chi connectivity index (χ1n) is 8.30. The molecule has 7 heteroatoms. The topological polar surface area (TPSA) is 75.7 Å². The maximum atomic E-state index is 12.4. The maximum absolute atomic E-state index is 12.4. The Morgan fingerprint density at radius 3 is 2.48 bits per heavy atom. The minimum absolute atomic E-state index is 0.217. The Morgan fingerprint density at radius 1 is 1.15 bits per heavy atom. The number of aryl methyl sites for hydroxylation is 1. The van der Waals surface area contributed by atoms with Gasteiger partial charge in [0, 0.05) is 13.5 Å². The number of benzene rings is 2. The third kappa shape index (κ3) is 5.31. The van der Waals surface area contributed by atoms with E-state index in [9.17, 15) is 14.4 Å². The predicted molar refractivity (Wildman–Crippen MR) is 104 cm³/mol. The van der Waals surface area contributed by atoms with Gasteiger partial charge in [0.2, 0.25) is 11.8 Å². The molecule has 0 aromatic heterocycles. The third-order valence-corrected chi connectivity index (χ3v) is 4.40. The standard InChI is InChI=1S/C20H21ClN2O4/c1-13-6-4-5-7-16(13)11-22-19(25)12-23(14(2)24)18-10-15(20(26)27-3)8-9-17(18)21/h4-10H,11-12H2,1-3H3,(H,22,25). The van der Waals surface area contributed by atoms with Gasteiger partial charge < -0.3 is 15.0 Å². The van der Waals surface area contributed by atoms with Crippen LogP contribution in [-0.4, -0.2) is 31.4 Å². The molecule has 0 aliphatic heterocycles. The van der Waals surface area contributed by atoms with Gasteiger partial charge in [-0.1, -0.05) is 35.9 Å². The Bertz CT molecular complexity index is 867. The molecule has 0 heterocycles. The molecule has 0 aliphatic rings. The molecule has 142 valence electrons. The average Bonchev–Trinajstić information content (AvgIpc) is 2.65. The van der Waals surface area contributed by atoms with Crippen molar-refractivity contribution in [1.82, 2.24) is 5.32 Å². The fourth-order valence-corrected chi connectivity index (χ4v) is 2.75. The van der Waals surface area contributed by atoms with E-state index in [4.69, 9.17) is 11.6 Å². The van der Waals surface area contributed by atoms with Crippen LogP contribution in [-0.2, 0) is 20.9 Å². The van der Waals surface area contributed by atoms with Crippen molar-refractivity contribution >= 4 is 35.1 Å². The van der Waals surface area contributed by atoms with E-state index in [1.54, 1.807) is 0 Å². The molecule has 0 unspecified atom stereocenters. The summed E-state index contributed by atoms with van der Waals surface area (Å²) in [5, 5.41) is 3.05. The number of rotatable bonds is 6. The quantitative estimate of drug-likeness (QED) is 0.771. The molecular weight excluding hydrogens is 368 g/mol. The molecule has 0 bridgehead atoms. The number of hydrogen-bond donors (Lipinski definition) is 1. The lowest BCUT2D eigenvalue weighted by Gasteiger charge is -2.22. The summed E-state index contributed by atoms with van der Waals surface area (Å²) in [5.74, 6) is -1.27. The lowest BCUT2D eigenvalue weighted by molar-refractivity contribution is -0.123. The fourth-order valence-electron chi connectivity index (χ4n) is 2.53. The van der Waals surface area contributed by atoms with Gasteiger partial charge >= 0.3 is 5.97 Å². The molecule has 0 spiro atoms. The van der Waals surface area contributed by atoms with Crippen molar-refractivity contribution < 1.29 is 19.1 Å². The van der Waals surface area contributed by atoms with E-state index >= 15 is 0 Å². The first kappa shape index (κ1) is 20.5. The zero-order chi connectivity index (χ0) is 20.0. The molecule has 1 N–H and O–H groups in total. The second kappa shape index (κ2) is 9.19. The van der Waals surface area contributed by atoms with Crippen molar-refractivity contribution in [2.75, 3.05) is 18.6 Å². The number of nitrogens with one attached hydrogen (secondary N) is 1. The number of methoxy groups -OCH3 is 1. The van der Waals surface area contributed by atoms with Crippen LogP contribution in [0.4, 0.5) is 5.69 Å². The highest BCUT2D eigenvalue weighted by molar-refractivity contribution is 6.34. The summed E-state index contributed by atoms with van der Waals surface area (Å²) < 4.78 is 4.69. The summed E-state index contributed by atoms with van der Waals surface area (Å²) in [4.78, 5) is 37.4. The van der Waals surface area contributed by atoms with Crippen molar-refractivity contribution in [3.63, 3.8) is 0 Å². The van der Waals surface area contributed by atoms with Crippen LogP contribution in [0.3, 0.4) is 0 Å². The van der Waals surface area contributed by atoms with Crippen LogP contribution < -0.4 is 10.2 Å². The van der Waals surface area contributed by atoms with Crippen molar-refractivity contribution in [3.8, 4) is 0 Å². The highest BCUT2D eigenvalue weighted by atomic mass is 35.5. The third-order valence-electron chi connectivity index (χ3n) is 4.08. The Morgan fingerprint density at radius 2 is 1.85 bits per heavy atom. The number of halogens is 1. The second-order valence-electron chi connectivity index (χ2n) is 5.97. The van der Waals surface area contributed by atoms with Gasteiger partial charge in [-0.15, -0.1) is 0 Å². The van der Waals surface area contributed by atoms with E-state index in [-0.39, 0.29) is 34.6 Å². The summed E-state index contributed by atoms with van der Waals surface area (Å²) >= 11 is 6.18. The first-order valence-corrected chi connectivity index (χ1v) is 8.68. The molecule has 2 rings (SSSR count). The fraction of sp³-hybridized carbons (Fsp3) is 0.250. The summed E-state index contributed by atoms with van der Waals surface area (Å²) in [6, 6.07) is 12.1. The molecule has 0 atom stereocenters. The summed E-state index contributed by atoms with van der Waals surface area (Å²) in [5.41, 5.74) is 2.57. The minimum atomic E-state index is -0.555.